The predicted octanol–water partition coefficient (Wildman–Crippen LogP) is 2.11. The summed E-state index contributed by atoms with van der Waals surface area (Å²) in [5.41, 5.74) is 1.93. The fourth-order valence-corrected chi connectivity index (χ4v) is 4.30. The second-order valence-corrected chi connectivity index (χ2v) is 7.78. The van der Waals surface area contributed by atoms with Crippen LogP contribution in [0.1, 0.15) is 35.3 Å². The Kier molecular flexibility index (Phi) is 4.53. The third-order valence-corrected chi connectivity index (χ3v) is 5.92. The minimum Gasteiger partial charge on any atom is -0.346 e. The van der Waals surface area contributed by atoms with Gasteiger partial charge in [0, 0.05) is 24.5 Å². The number of anilines is 1. The van der Waals surface area contributed by atoms with E-state index in [1.807, 2.05) is 19.1 Å². The van der Waals surface area contributed by atoms with Gasteiger partial charge in [0.2, 0.25) is 10.0 Å². The molecule has 0 radical (unpaired) electrons. The number of carbonyl (C=O) groups is 1. The van der Waals surface area contributed by atoms with Crippen molar-refractivity contribution >= 4 is 21.6 Å². The van der Waals surface area contributed by atoms with Gasteiger partial charge in [-0.3, -0.25) is 14.1 Å². The van der Waals surface area contributed by atoms with Crippen LogP contribution >= 0.6 is 0 Å². The van der Waals surface area contributed by atoms with Crippen LogP contribution in [0, 0.1) is 0 Å². The largest absolute Gasteiger partial charge is 0.346 e. The Morgan fingerprint density at radius 1 is 1.25 bits per heavy atom. The van der Waals surface area contributed by atoms with Crippen molar-refractivity contribution in [2.45, 2.75) is 19.4 Å². The normalized spacial score (nSPS) is 17.5. The number of nitrogens with zero attached hydrogens (tertiary/aromatic N) is 2. The summed E-state index contributed by atoms with van der Waals surface area (Å²) >= 11 is 0. The van der Waals surface area contributed by atoms with E-state index >= 15 is 0 Å². The van der Waals surface area contributed by atoms with E-state index in [4.69, 9.17) is 0 Å². The smallest absolute Gasteiger partial charge is 0.251 e. The molecule has 1 fully saturated rings. The molecule has 7 heteroatoms. The molecule has 3 rings (SSSR count). The number of rotatable bonds is 4. The summed E-state index contributed by atoms with van der Waals surface area (Å²) in [6.07, 6.45) is 3.96. The van der Waals surface area contributed by atoms with Crippen molar-refractivity contribution in [3.63, 3.8) is 0 Å². The Labute approximate surface area is 141 Å². The lowest BCUT2D eigenvalue weighted by atomic mass is 10.1. The van der Waals surface area contributed by atoms with E-state index in [0.717, 1.165) is 5.56 Å². The standard InChI is InChI=1S/C17H19N3O3S/c1-13(14-6-8-18-9-7-14)19-17(21)15-4-2-5-16(12-15)20-10-3-11-24(20,22)23/h2,4-9,12-13H,3,10-11H2,1H3,(H,19,21)/t13-/m1/s1. The maximum Gasteiger partial charge on any atom is 0.251 e. The summed E-state index contributed by atoms with van der Waals surface area (Å²) in [5.74, 6) is -0.0829. The molecule has 0 bridgehead atoms. The fraction of sp³-hybridized carbons (Fsp3) is 0.294. The number of hydrogen-bond donors (Lipinski definition) is 1. The van der Waals surface area contributed by atoms with Crippen LogP contribution in [0.2, 0.25) is 0 Å². The molecule has 1 aliphatic rings. The van der Waals surface area contributed by atoms with Gasteiger partial charge in [-0.1, -0.05) is 6.07 Å². The number of sulfonamides is 1. The van der Waals surface area contributed by atoms with Gasteiger partial charge in [-0.15, -0.1) is 0 Å². The molecule has 0 unspecified atom stereocenters. The molecule has 1 aromatic carbocycles. The summed E-state index contributed by atoms with van der Waals surface area (Å²) in [6.45, 7) is 2.35. The van der Waals surface area contributed by atoms with Gasteiger partial charge in [0.1, 0.15) is 0 Å². The highest BCUT2D eigenvalue weighted by Gasteiger charge is 2.28. The van der Waals surface area contributed by atoms with Crippen molar-refractivity contribution < 1.29 is 13.2 Å². The maximum absolute atomic E-state index is 12.5. The van der Waals surface area contributed by atoms with Crippen molar-refractivity contribution in [2.75, 3.05) is 16.6 Å². The van der Waals surface area contributed by atoms with Crippen LogP contribution in [0.5, 0.6) is 0 Å². The lowest BCUT2D eigenvalue weighted by Crippen LogP contribution is -2.28. The zero-order chi connectivity index (χ0) is 17.2. The zero-order valence-corrected chi connectivity index (χ0v) is 14.2. The number of nitrogens with one attached hydrogen (secondary N) is 1. The Hall–Kier alpha value is -2.41. The van der Waals surface area contributed by atoms with E-state index in [0.29, 0.717) is 24.2 Å². The van der Waals surface area contributed by atoms with Gasteiger partial charge in [-0.25, -0.2) is 8.42 Å². The SMILES string of the molecule is C[C@@H](NC(=O)c1cccc(N2CCCS2(=O)=O)c1)c1ccncc1. The van der Waals surface area contributed by atoms with E-state index in [9.17, 15) is 13.2 Å². The van der Waals surface area contributed by atoms with Crippen LogP contribution < -0.4 is 9.62 Å². The van der Waals surface area contributed by atoms with E-state index < -0.39 is 10.0 Å². The molecule has 2 heterocycles. The number of aromatic nitrogens is 1. The van der Waals surface area contributed by atoms with Crippen molar-refractivity contribution in [3.05, 3.63) is 59.9 Å². The van der Waals surface area contributed by atoms with Crippen LogP contribution in [-0.4, -0.2) is 31.6 Å². The molecule has 1 atom stereocenters. The van der Waals surface area contributed by atoms with Crippen molar-refractivity contribution in [1.29, 1.82) is 0 Å². The van der Waals surface area contributed by atoms with E-state index in [2.05, 4.69) is 10.3 Å². The van der Waals surface area contributed by atoms with Gasteiger partial charge in [0.15, 0.2) is 0 Å². The molecular weight excluding hydrogens is 326 g/mol. The third kappa shape index (κ3) is 3.41. The van der Waals surface area contributed by atoms with Gasteiger partial charge in [-0.2, -0.15) is 0 Å². The molecule has 1 N–H and O–H groups in total. The van der Waals surface area contributed by atoms with E-state index in [1.165, 1.54) is 4.31 Å². The summed E-state index contributed by atoms with van der Waals surface area (Å²) in [5, 5.41) is 2.92. The van der Waals surface area contributed by atoms with E-state index in [1.54, 1.807) is 36.7 Å². The number of amides is 1. The summed E-state index contributed by atoms with van der Waals surface area (Å²) in [4.78, 5) is 16.4. The second-order valence-electron chi connectivity index (χ2n) is 5.77. The quantitative estimate of drug-likeness (QED) is 0.920. The topological polar surface area (TPSA) is 79.4 Å². The summed E-state index contributed by atoms with van der Waals surface area (Å²) in [7, 11) is -3.25. The van der Waals surface area contributed by atoms with Gasteiger partial charge >= 0.3 is 0 Å². The van der Waals surface area contributed by atoms with Crippen LogP contribution in [0.4, 0.5) is 5.69 Å². The molecule has 24 heavy (non-hydrogen) atoms. The van der Waals surface area contributed by atoms with Crippen LogP contribution in [0.25, 0.3) is 0 Å². The van der Waals surface area contributed by atoms with Gasteiger partial charge < -0.3 is 5.32 Å². The lowest BCUT2D eigenvalue weighted by Gasteiger charge is -2.18. The molecule has 0 aliphatic carbocycles. The molecule has 126 valence electrons. The van der Waals surface area contributed by atoms with Crippen molar-refractivity contribution in [2.24, 2.45) is 0 Å². The first kappa shape index (κ1) is 16.4. The highest BCUT2D eigenvalue weighted by Crippen LogP contribution is 2.25. The first-order valence-electron chi connectivity index (χ1n) is 7.79. The van der Waals surface area contributed by atoms with Gasteiger partial charge in [0.05, 0.1) is 17.5 Å². The first-order chi connectivity index (χ1) is 11.5. The Morgan fingerprint density at radius 2 is 2.00 bits per heavy atom. The van der Waals surface area contributed by atoms with Crippen molar-refractivity contribution in [3.8, 4) is 0 Å². The van der Waals surface area contributed by atoms with Gasteiger partial charge in [0.25, 0.3) is 5.91 Å². The Morgan fingerprint density at radius 3 is 2.67 bits per heavy atom. The molecule has 1 aromatic heterocycles. The molecular formula is C17H19N3O3S. The average Bonchev–Trinajstić information content (AvgIpc) is 2.95. The number of carbonyl (C=O) groups excluding carboxylic acids is 1. The highest BCUT2D eigenvalue weighted by molar-refractivity contribution is 7.93. The van der Waals surface area contributed by atoms with Crippen LogP contribution in [0.15, 0.2) is 48.8 Å². The lowest BCUT2D eigenvalue weighted by molar-refractivity contribution is 0.0940. The minimum atomic E-state index is -3.25. The van der Waals surface area contributed by atoms with Crippen molar-refractivity contribution in [1.82, 2.24) is 10.3 Å². The average molecular weight is 345 g/mol. The Balaban J connectivity index is 1.78. The molecule has 2 aromatic rings. The molecule has 1 amide bonds. The van der Waals surface area contributed by atoms with Gasteiger partial charge in [-0.05, 0) is 49.2 Å². The highest BCUT2D eigenvalue weighted by atomic mass is 32.2. The zero-order valence-electron chi connectivity index (χ0n) is 13.3. The fourth-order valence-electron chi connectivity index (χ4n) is 2.75. The number of pyridine rings is 1. The van der Waals surface area contributed by atoms with Crippen LogP contribution in [-0.2, 0) is 10.0 Å². The molecule has 0 spiro atoms. The first-order valence-corrected chi connectivity index (χ1v) is 9.39. The molecule has 1 saturated heterocycles. The minimum absolute atomic E-state index is 0.155. The molecule has 6 nitrogen and oxygen atoms in total. The van der Waals surface area contributed by atoms with Crippen LogP contribution in [0.3, 0.4) is 0 Å². The number of benzene rings is 1. The summed E-state index contributed by atoms with van der Waals surface area (Å²) in [6, 6.07) is 10.2. The summed E-state index contributed by atoms with van der Waals surface area (Å²) < 4.78 is 25.4. The molecule has 1 aliphatic heterocycles. The van der Waals surface area contributed by atoms with E-state index in [-0.39, 0.29) is 17.7 Å². The predicted molar refractivity (Wildman–Crippen MR) is 92.3 cm³/mol. The monoisotopic (exact) mass is 345 g/mol. The second kappa shape index (κ2) is 6.60. The Bertz CT molecular complexity index is 837. The maximum atomic E-state index is 12.5. The molecule has 0 saturated carbocycles. The third-order valence-electron chi connectivity index (χ3n) is 4.05. The number of hydrogen-bond acceptors (Lipinski definition) is 4.